The molecule has 1 aromatic heterocycles. The van der Waals surface area contributed by atoms with Crippen molar-refractivity contribution in [1.29, 1.82) is 0 Å². The average molecular weight is 528 g/mol. The van der Waals surface area contributed by atoms with Crippen LogP contribution in [0.5, 0.6) is 0 Å². The molecule has 200 valence electrons. The van der Waals surface area contributed by atoms with E-state index in [4.69, 9.17) is 4.98 Å². The predicted octanol–water partition coefficient (Wildman–Crippen LogP) is 4.45. The number of hydrogen-bond acceptors (Lipinski definition) is 5. The van der Waals surface area contributed by atoms with Gasteiger partial charge in [-0.1, -0.05) is 55.0 Å². The van der Waals surface area contributed by atoms with Crippen molar-refractivity contribution in [1.82, 2.24) is 19.8 Å². The molecule has 2 heterocycles. The molecule has 0 bridgehead atoms. The lowest BCUT2D eigenvalue weighted by Gasteiger charge is -2.36. The third-order valence-corrected chi connectivity index (χ3v) is 6.83. The van der Waals surface area contributed by atoms with Gasteiger partial charge in [-0.05, 0) is 43.3 Å². The molecular formula is C30H30FN5O3. The summed E-state index contributed by atoms with van der Waals surface area (Å²) in [7, 11) is 0. The van der Waals surface area contributed by atoms with Crippen LogP contribution in [0.2, 0.25) is 0 Å². The number of amides is 2. The van der Waals surface area contributed by atoms with Gasteiger partial charge < -0.3 is 25.2 Å². The summed E-state index contributed by atoms with van der Waals surface area (Å²) in [6, 6.07) is 22.4. The molecule has 1 aliphatic rings. The summed E-state index contributed by atoms with van der Waals surface area (Å²) in [6.07, 6.45) is 0.113. The normalized spacial score (nSPS) is 14.3. The molecule has 5 rings (SSSR count). The number of aromatic nitrogens is 2. The zero-order valence-corrected chi connectivity index (χ0v) is 21.8. The third kappa shape index (κ3) is 5.26. The van der Waals surface area contributed by atoms with Crippen LogP contribution >= 0.6 is 0 Å². The Morgan fingerprint density at radius 1 is 1.00 bits per heavy atom. The maximum absolute atomic E-state index is 13.8. The smallest absolute Gasteiger partial charge is 0.281 e. The van der Waals surface area contributed by atoms with Gasteiger partial charge in [0.2, 0.25) is 11.6 Å². The van der Waals surface area contributed by atoms with Crippen LogP contribution in [0.15, 0.2) is 78.9 Å². The molecule has 2 amide bonds. The third-order valence-electron chi connectivity index (χ3n) is 6.83. The number of aryl methyl sites for hydroxylation is 1. The van der Waals surface area contributed by atoms with E-state index in [1.807, 2.05) is 35.8 Å². The molecule has 0 spiro atoms. The van der Waals surface area contributed by atoms with Gasteiger partial charge in [0.05, 0.1) is 6.54 Å². The Morgan fingerprint density at radius 3 is 2.36 bits per heavy atom. The molecular weight excluding hydrogens is 497 g/mol. The van der Waals surface area contributed by atoms with Crippen LogP contribution in [0.1, 0.15) is 30.3 Å². The minimum Gasteiger partial charge on any atom is -0.359 e. The van der Waals surface area contributed by atoms with Gasteiger partial charge in [0.1, 0.15) is 23.2 Å². The molecule has 3 aromatic carbocycles. The zero-order chi connectivity index (χ0) is 27.6. The fourth-order valence-corrected chi connectivity index (χ4v) is 4.66. The van der Waals surface area contributed by atoms with Gasteiger partial charge in [0, 0.05) is 36.3 Å². The molecule has 0 saturated carbocycles. The molecule has 0 radical (unpaired) electrons. The Balaban J connectivity index is 1.51. The molecule has 1 aliphatic heterocycles. The topological polar surface area (TPSA) is 99.5 Å². The first kappa shape index (κ1) is 26.1. The summed E-state index contributed by atoms with van der Waals surface area (Å²) in [6.45, 7) is 4.46. The molecule has 1 atom stereocenters. The number of fused-ring (bicyclic) bond motifs is 1. The van der Waals surface area contributed by atoms with Gasteiger partial charge in [-0.2, -0.15) is 0 Å². The first-order valence-corrected chi connectivity index (χ1v) is 12.9. The van der Waals surface area contributed by atoms with Crippen LogP contribution in [-0.4, -0.2) is 37.9 Å². The maximum atomic E-state index is 13.8. The monoisotopic (exact) mass is 527 g/mol. The Bertz CT molecular complexity index is 1490. The number of nitrogens with zero attached hydrogens (tertiary/aromatic N) is 3. The number of carbonyl (C=O) groups is 2. The Morgan fingerprint density at radius 2 is 1.69 bits per heavy atom. The van der Waals surface area contributed by atoms with Gasteiger partial charge in [-0.25, -0.2) is 9.37 Å². The van der Waals surface area contributed by atoms with Crippen molar-refractivity contribution in [3.05, 3.63) is 102 Å². The van der Waals surface area contributed by atoms with Crippen LogP contribution in [-0.2, 0) is 28.4 Å². The molecule has 0 aliphatic carbocycles. The number of rotatable bonds is 7. The second-order valence-electron chi connectivity index (χ2n) is 9.58. The maximum Gasteiger partial charge on any atom is 0.281 e. The lowest BCUT2D eigenvalue weighted by atomic mass is 10.00. The fraction of sp³-hybridized carbons (Fsp3) is 0.233. The van der Waals surface area contributed by atoms with Crippen LogP contribution in [0.4, 0.5) is 15.9 Å². The standard InChI is InChI=1S/C30H30FN5O3/c1-3-26(37)34-30(39,22-7-5-4-6-8-22)29(38)35-17-18-36-25(19-35)33-27(21-11-13-23(31)14-12-21)28(36)32-24-15-9-20(2)10-16-24/h4-16,32,39H,3,17-19H2,1-2H3,(H,34,37)/t30-/m0/s1. The highest BCUT2D eigenvalue weighted by atomic mass is 19.1. The number of halogens is 1. The highest BCUT2D eigenvalue weighted by Gasteiger charge is 2.43. The lowest BCUT2D eigenvalue weighted by Crippen LogP contribution is -2.58. The lowest BCUT2D eigenvalue weighted by molar-refractivity contribution is -0.162. The van der Waals surface area contributed by atoms with E-state index < -0.39 is 17.5 Å². The molecule has 39 heavy (non-hydrogen) atoms. The van der Waals surface area contributed by atoms with Gasteiger partial charge in [0.15, 0.2) is 0 Å². The SMILES string of the molecule is CCC(=O)N[C@@](O)(C(=O)N1CCn2c(nc(-c3ccc(F)cc3)c2Nc2ccc(C)cc2)C1)c1ccccc1. The van der Waals surface area contributed by atoms with Gasteiger partial charge in [-0.15, -0.1) is 0 Å². The number of aliphatic hydroxyl groups is 1. The summed E-state index contributed by atoms with van der Waals surface area (Å²) >= 11 is 0. The Hall–Kier alpha value is -4.50. The molecule has 0 saturated heterocycles. The summed E-state index contributed by atoms with van der Waals surface area (Å²) in [5.41, 5.74) is 1.40. The number of carbonyl (C=O) groups excluding carboxylic acids is 2. The van der Waals surface area contributed by atoms with Crippen LogP contribution in [0.3, 0.4) is 0 Å². The van der Waals surface area contributed by atoms with Crippen molar-refractivity contribution in [3.63, 3.8) is 0 Å². The van der Waals surface area contributed by atoms with Gasteiger partial charge in [0.25, 0.3) is 5.91 Å². The van der Waals surface area contributed by atoms with Crippen molar-refractivity contribution in [2.75, 3.05) is 11.9 Å². The quantitative estimate of drug-likeness (QED) is 0.308. The van der Waals surface area contributed by atoms with Crippen molar-refractivity contribution in [2.24, 2.45) is 0 Å². The number of imidazole rings is 1. The first-order valence-electron chi connectivity index (χ1n) is 12.9. The van der Waals surface area contributed by atoms with Gasteiger partial charge in [-0.3, -0.25) is 9.59 Å². The Kier molecular flexibility index (Phi) is 7.17. The van der Waals surface area contributed by atoms with Crippen molar-refractivity contribution >= 4 is 23.3 Å². The molecule has 4 aromatic rings. The highest BCUT2D eigenvalue weighted by molar-refractivity contribution is 5.91. The molecule has 0 fully saturated rings. The minimum absolute atomic E-state index is 0.111. The predicted molar refractivity (Wildman–Crippen MR) is 146 cm³/mol. The van der Waals surface area contributed by atoms with E-state index in [1.54, 1.807) is 49.4 Å². The molecule has 3 N–H and O–H groups in total. The molecule has 9 heteroatoms. The fourth-order valence-electron chi connectivity index (χ4n) is 4.66. The Labute approximate surface area is 226 Å². The molecule has 8 nitrogen and oxygen atoms in total. The second-order valence-corrected chi connectivity index (χ2v) is 9.58. The summed E-state index contributed by atoms with van der Waals surface area (Å²) in [5.74, 6) is -0.106. The van der Waals surface area contributed by atoms with Crippen molar-refractivity contribution in [2.45, 2.75) is 39.1 Å². The number of anilines is 2. The van der Waals surface area contributed by atoms with E-state index in [2.05, 4.69) is 10.6 Å². The van der Waals surface area contributed by atoms with Crippen molar-refractivity contribution < 1.29 is 19.1 Å². The van der Waals surface area contributed by atoms with Crippen molar-refractivity contribution in [3.8, 4) is 11.3 Å². The largest absolute Gasteiger partial charge is 0.359 e. The van der Waals surface area contributed by atoms with E-state index in [0.29, 0.717) is 18.1 Å². The van der Waals surface area contributed by atoms with E-state index in [0.717, 1.165) is 22.6 Å². The first-order chi connectivity index (χ1) is 18.8. The summed E-state index contributed by atoms with van der Waals surface area (Å²) in [5, 5.41) is 17.5. The average Bonchev–Trinajstić information content (AvgIpc) is 3.31. The summed E-state index contributed by atoms with van der Waals surface area (Å²) in [4.78, 5) is 32.4. The van der Waals surface area contributed by atoms with Crippen LogP contribution in [0.25, 0.3) is 11.3 Å². The van der Waals surface area contributed by atoms with E-state index in [1.165, 1.54) is 17.0 Å². The molecule has 0 unspecified atom stereocenters. The number of benzene rings is 3. The van der Waals surface area contributed by atoms with Crippen LogP contribution in [0, 0.1) is 12.7 Å². The van der Waals surface area contributed by atoms with Gasteiger partial charge >= 0.3 is 0 Å². The number of hydrogen-bond donors (Lipinski definition) is 3. The highest BCUT2D eigenvalue weighted by Crippen LogP contribution is 2.34. The number of nitrogens with one attached hydrogen (secondary N) is 2. The van der Waals surface area contributed by atoms with E-state index in [-0.39, 0.29) is 30.9 Å². The van der Waals surface area contributed by atoms with Crippen LogP contribution < -0.4 is 10.6 Å². The minimum atomic E-state index is -2.22. The zero-order valence-electron chi connectivity index (χ0n) is 21.8. The summed E-state index contributed by atoms with van der Waals surface area (Å²) < 4.78 is 15.7. The van der Waals surface area contributed by atoms with E-state index in [9.17, 15) is 19.1 Å². The second kappa shape index (κ2) is 10.7. The van der Waals surface area contributed by atoms with E-state index >= 15 is 0 Å².